The van der Waals surface area contributed by atoms with Crippen molar-refractivity contribution in [3.63, 3.8) is 0 Å². The summed E-state index contributed by atoms with van der Waals surface area (Å²) in [4.78, 5) is 25.4. The molecule has 0 radical (unpaired) electrons. The van der Waals surface area contributed by atoms with E-state index in [2.05, 4.69) is 0 Å². The lowest BCUT2D eigenvalue weighted by Crippen LogP contribution is -2.21. The topological polar surface area (TPSA) is 37.4 Å². The number of carbonyl (C=O) groups excluding carboxylic acids is 2. The van der Waals surface area contributed by atoms with Crippen LogP contribution in [0.1, 0.15) is 27.9 Å². The zero-order valence-electron chi connectivity index (χ0n) is 13.1. The highest BCUT2D eigenvalue weighted by atomic mass is 16.2. The minimum atomic E-state index is 0.113. The standard InChI is InChI=1S/C19H21NO2/c1-20(2)19(22)13-10-15-8-11-17(12-9-15)18(21)14-16-6-4-3-5-7-16/h3-9,11-12H,10,13-14H2,1-2H3. The summed E-state index contributed by atoms with van der Waals surface area (Å²) < 4.78 is 0. The first-order valence-electron chi connectivity index (χ1n) is 7.42. The third-order valence-corrected chi connectivity index (χ3v) is 3.61. The first kappa shape index (κ1) is 16.0. The van der Waals surface area contributed by atoms with Gasteiger partial charge in [-0.25, -0.2) is 0 Å². The van der Waals surface area contributed by atoms with Crippen molar-refractivity contribution in [1.82, 2.24) is 4.90 Å². The van der Waals surface area contributed by atoms with E-state index in [1.54, 1.807) is 19.0 Å². The van der Waals surface area contributed by atoms with E-state index in [0.29, 0.717) is 24.8 Å². The van der Waals surface area contributed by atoms with Gasteiger partial charge < -0.3 is 4.90 Å². The maximum Gasteiger partial charge on any atom is 0.222 e. The Kier molecular flexibility index (Phi) is 5.48. The van der Waals surface area contributed by atoms with Crippen LogP contribution in [-0.2, 0) is 17.6 Å². The number of aryl methyl sites for hydroxylation is 1. The Balaban J connectivity index is 1.94. The van der Waals surface area contributed by atoms with Crippen molar-refractivity contribution in [1.29, 1.82) is 0 Å². The molecule has 0 spiro atoms. The van der Waals surface area contributed by atoms with Gasteiger partial charge in [-0.3, -0.25) is 9.59 Å². The molecule has 0 aliphatic heterocycles. The van der Waals surface area contributed by atoms with Crippen molar-refractivity contribution in [3.8, 4) is 0 Å². The summed E-state index contributed by atoms with van der Waals surface area (Å²) in [5.74, 6) is 0.228. The Labute approximate surface area is 131 Å². The fourth-order valence-corrected chi connectivity index (χ4v) is 2.22. The van der Waals surface area contributed by atoms with Gasteiger partial charge in [-0.1, -0.05) is 54.6 Å². The van der Waals surface area contributed by atoms with Crippen molar-refractivity contribution in [2.45, 2.75) is 19.3 Å². The third kappa shape index (κ3) is 4.55. The maximum absolute atomic E-state index is 12.2. The lowest BCUT2D eigenvalue weighted by molar-refractivity contribution is -0.128. The van der Waals surface area contributed by atoms with E-state index < -0.39 is 0 Å². The smallest absolute Gasteiger partial charge is 0.222 e. The molecule has 0 N–H and O–H groups in total. The molecule has 3 heteroatoms. The Morgan fingerprint density at radius 1 is 0.864 bits per heavy atom. The second kappa shape index (κ2) is 7.55. The summed E-state index contributed by atoms with van der Waals surface area (Å²) in [6.45, 7) is 0. The first-order valence-corrected chi connectivity index (χ1v) is 7.42. The molecule has 0 atom stereocenters. The largest absolute Gasteiger partial charge is 0.349 e. The average molecular weight is 295 g/mol. The van der Waals surface area contributed by atoms with Gasteiger partial charge in [0.1, 0.15) is 0 Å². The lowest BCUT2D eigenvalue weighted by atomic mass is 10.0. The summed E-state index contributed by atoms with van der Waals surface area (Å²) in [7, 11) is 3.52. The molecule has 0 unspecified atom stereocenters. The van der Waals surface area contributed by atoms with Gasteiger partial charge in [-0.05, 0) is 17.5 Å². The summed E-state index contributed by atoms with van der Waals surface area (Å²) in [6.07, 6.45) is 1.60. The maximum atomic E-state index is 12.2. The number of rotatable bonds is 6. The summed E-state index contributed by atoms with van der Waals surface area (Å²) >= 11 is 0. The SMILES string of the molecule is CN(C)C(=O)CCc1ccc(C(=O)Cc2ccccc2)cc1. The van der Waals surface area contributed by atoms with Gasteiger partial charge >= 0.3 is 0 Å². The number of amides is 1. The number of carbonyl (C=O) groups is 2. The fraction of sp³-hybridized carbons (Fsp3) is 0.263. The van der Waals surface area contributed by atoms with Crippen molar-refractivity contribution in [3.05, 3.63) is 71.3 Å². The van der Waals surface area contributed by atoms with E-state index in [1.807, 2.05) is 54.6 Å². The Morgan fingerprint density at radius 3 is 2.09 bits per heavy atom. The van der Waals surface area contributed by atoms with Gasteiger partial charge in [0.25, 0.3) is 0 Å². The second-order valence-corrected chi connectivity index (χ2v) is 5.57. The normalized spacial score (nSPS) is 10.3. The quantitative estimate of drug-likeness (QED) is 0.768. The third-order valence-electron chi connectivity index (χ3n) is 3.61. The van der Waals surface area contributed by atoms with Crippen LogP contribution >= 0.6 is 0 Å². The molecule has 0 bridgehead atoms. The van der Waals surface area contributed by atoms with Crippen molar-refractivity contribution in [2.75, 3.05) is 14.1 Å². The van der Waals surface area contributed by atoms with Crippen LogP contribution in [0.25, 0.3) is 0 Å². The minimum Gasteiger partial charge on any atom is -0.349 e. The molecule has 22 heavy (non-hydrogen) atoms. The van der Waals surface area contributed by atoms with Gasteiger partial charge in [-0.15, -0.1) is 0 Å². The highest BCUT2D eigenvalue weighted by Crippen LogP contribution is 2.11. The van der Waals surface area contributed by atoms with E-state index in [1.165, 1.54) is 0 Å². The predicted octanol–water partition coefficient (Wildman–Crippen LogP) is 3.13. The van der Waals surface area contributed by atoms with Gasteiger partial charge in [0.2, 0.25) is 5.91 Å². The second-order valence-electron chi connectivity index (χ2n) is 5.57. The summed E-state index contributed by atoms with van der Waals surface area (Å²) in [5, 5.41) is 0. The molecule has 0 heterocycles. The number of Topliss-reactive ketones (excluding diaryl/α,β-unsaturated/α-hetero) is 1. The Morgan fingerprint density at radius 2 is 1.50 bits per heavy atom. The van der Waals surface area contributed by atoms with Crippen LogP contribution in [0, 0.1) is 0 Å². The van der Waals surface area contributed by atoms with Gasteiger partial charge in [-0.2, -0.15) is 0 Å². The van der Waals surface area contributed by atoms with Crippen LogP contribution in [0.2, 0.25) is 0 Å². The molecule has 0 aliphatic rings. The molecule has 3 nitrogen and oxygen atoms in total. The zero-order valence-corrected chi connectivity index (χ0v) is 13.1. The lowest BCUT2D eigenvalue weighted by Gasteiger charge is -2.10. The summed E-state index contributed by atoms with van der Waals surface area (Å²) in [6, 6.07) is 17.3. The molecule has 0 aromatic heterocycles. The fourth-order valence-electron chi connectivity index (χ4n) is 2.22. The Hall–Kier alpha value is -2.42. The van der Waals surface area contributed by atoms with Crippen molar-refractivity contribution >= 4 is 11.7 Å². The van der Waals surface area contributed by atoms with Crippen LogP contribution in [0.15, 0.2) is 54.6 Å². The molecule has 2 aromatic rings. The van der Waals surface area contributed by atoms with Crippen LogP contribution in [0.4, 0.5) is 0 Å². The molecule has 2 aromatic carbocycles. The molecule has 0 saturated carbocycles. The molecular weight excluding hydrogens is 274 g/mol. The highest BCUT2D eigenvalue weighted by molar-refractivity contribution is 5.97. The monoisotopic (exact) mass is 295 g/mol. The number of ketones is 1. The van der Waals surface area contributed by atoms with Crippen LogP contribution < -0.4 is 0 Å². The Bertz CT molecular complexity index is 630. The van der Waals surface area contributed by atoms with Gasteiger partial charge in [0, 0.05) is 32.5 Å². The minimum absolute atomic E-state index is 0.113. The zero-order chi connectivity index (χ0) is 15.9. The first-order chi connectivity index (χ1) is 10.6. The van der Waals surface area contributed by atoms with Crippen LogP contribution in [0.3, 0.4) is 0 Å². The van der Waals surface area contributed by atoms with E-state index >= 15 is 0 Å². The van der Waals surface area contributed by atoms with E-state index in [4.69, 9.17) is 0 Å². The highest BCUT2D eigenvalue weighted by Gasteiger charge is 2.08. The predicted molar refractivity (Wildman–Crippen MR) is 87.9 cm³/mol. The number of hydrogen-bond donors (Lipinski definition) is 0. The van der Waals surface area contributed by atoms with E-state index in [-0.39, 0.29) is 11.7 Å². The molecule has 1 amide bonds. The van der Waals surface area contributed by atoms with E-state index in [0.717, 1.165) is 11.1 Å². The van der Waals surface area contributed by atoms with Crippen molar-refractivity contribution in [2.24, 2.45) is 0 Å². The molecule has 0 aliphatic carbocycles. The van der Waals surface area contributed by atoms with Crippen molar-refractivity contribution < 1.29 is 9.59 Å². The van der Waals surface area contributed by atoms with Crippen LogP contribution in [0.5, 0.6) is 0 Å². The van der Waals surface area contributed by atoms with Crippen LogP contribution in [-0.4, -0.2) is 30.7 Å². The van der Waals surface area contributed by atoms with Gasteiger partial charge in [0.05, 0.1) is 0 Å². The molecule has 114 valence electrons. The number of hydrogen-bond acceptors (Lipinski definition) is 2. The number of benzene rings is 2. The summed E-state index contributed by atoms with van der Waals surface area (Å²) in [5.41, 5.74) is 2.81. The molecule has 0 fully saturated rings. The van der Waals surface area contributed by atoms with Gasteiger partial charge in [0.15, 0.2) is 5.78 Å². The molecular formula is C19H21NO2. The average Bonchev–Trinajstić information content (AvgIpc) is 2.54. The molecule has 0 saturated heterocycles. The number of nitrogens with zero attached hydrogens (tertiary/aromatic N) is 1. The van der Waals surface area contributed by atoms with E-state index in [9.17, 15) is 9.59 Å². The molecule has 2 rings (SSSR count).